The van der Waals surface area contributed by atoms with E-state index in [1.54, 1.807) is 0 Å². The van der Waals surface area contributed by atoms with E-state index in [0.717, 1.165) is 43.1 Å². The first-order valence-corrected chi connectivity index (χ1v) is 7.48. The normalized spacial score (nSPS) is 21.9. The molecule has 0 saturated heterocycles. The van der Waals surface area contributed by atoms with Gasteiger partial charge in [-0.3, -0.25) is 0 Å². The molecular formula is C17H19N3O. The number of anilines is 1. The second kappa shape index (κ2) is 6.11. The molecule has 1 saturated carbocycles. The molecule has 0 bridgehead atoms. The number of benzene rings is 1. The van der Waals surface area contributed by atoms with Crippen LogP contribution in [0.3, 0.4) is 0 Å². The Bertz CT molecular complexity index is 669. The van der Waals surface area contributed by atoms with Crippen LogP contribution >= 0.6 is 0 Å². The quantitative estimate of drug-likeness (QED) is 0.907. The molecule has 21 heavy (non-hydrogen) atoms. The molecule has 108 valence electrons. The minimum absolute atomic E-state index is 0.130. The Morgan fingerprint density at radius 1 is 1.24 bits per heavy atom. The Balaban J connectivity index is 1.75. The summed E-state index contributed by atoms with van der Waals surface area (Å²) in [6.07, 6.45) is 3.69. The third kappa shape index (κ3) is 3.14. The Morgan fingerprint density at radius 2 is 2.00 bits per heavy atom. The van der Waals surface area contributed by atoms with Gasteiger partial charge in [0.15, 0.2) is 0 Å². The third-order valence-corrected chi connectivity index (χ3v) is 4.22. The Kier molecular flexibility index (Phi) is 4.03. The summed E-state index contributed by atoms with van der Waals surface area (Å²) in [7, 11) is 0. The SMILES string of the molecule is N#Cc1cc2ccccc2nc1NCC1CCC(O)CC1. The topological polar surface area (TPSA) is 68.9 Å². The molecule has 1 heterocycles. The van der Waals surface area contributed by atoms with Crippen molar-refractivity contribution in [2.75, 3.05) is 11.9 Å². The van der Waals surface area contributed by atoms with Gasteiger partial charge in [0.25, 0.3) is 0 Å². The van der Waals surface area contributed by atoms with Crippen LogP contribution in [0, 0.1) is 17.2 Å². The smallest absolute Gasteiger partial charge is 0.144 e. The Hall–Kier alpha value is -2.12. The van der Waals surface area contributed by atoms with E-state index in [2.05, 4.69) is 16.4 Å². The van der Waals surface area contributed by atoms with Crippen molar-refractivity contribution in [2.45, 2.75) is 31.8 Å². The molecule has 0 spiro atoms. The van der Waals surface area contributed by atoms with Gasteiger partial charge in [-0.2, -0.15) is 5.26 Å². The fourth-order valence-corrected chi connectivity index (χ4v) is 2.93. The number of nitrogens with one attached hydrogen (secondary N) is 1. The van der Waals surface area contributed by atoms with Crippen molar-refractivity contribution in [2.24, 2.45) is 5.92 Å². The molecule has 1 aromatic carbocycles. The maximum absolute atomic E-state index is 9.54. The standard InChI is InChI=1S/C17H19N3O/c18-10-14-9-13-3-1-2-4-16(13)20-17(14)19-11-12-5-7-15(21)8-6-12/h1-4,9,12,15,21H,5-8,11H2,(H,19,20). The van der Waals surface area contributed by atoms with Crippen LogP contribution in [0.4, 0.5) is 5.82 Å². The zero-order valence-corrected chi connectivity index (χ0v) is 11.9. The molecule has 2 N–H and O–H groups in total. The van der Waals surface area contributed by atoms with Gasteiger partial charge >= 0.3 is 0 Å². The summed E-state index contributed by atoms with van der Waals surface area (Å²) >= 11 is 0. The predicted octanol–water partition coefficient (Wildman–Crippen LogP) is 3.07. The van der Waals surface area contributed by atoms with Crippen molar-refractivity contribution < 1.29 is 5.11 Å². The van der Waals surface area contributed by atoms with Crippen molar-refractivity contribution in [3.8, 4) is 6.07 Å². The van der Waals surface area contributed by atoms with E-state index < -0.39 is 0 Å². The van der Waals surface area contributed by atoms with Gasteiger partial charge in [-0.1, -0.05) is 18.2 Å². The van der Waals surface area contributed by atoms with Crippen LogP contribution in [0.25, 0.3) is 10.9 Å². The summed E-state index contributed by atoms with van der Waals surface area (Å²) in [5.41, 5.74) is 1.49. The van der Waals surface area contributed by atoms with Crippen LogP contribution in [0.5, 0.6) is 0 Å². The van der Waals surface area contributed by atoms with E-state index in [0.29, 0.717) is 17.3 Å². The van der Waals surface area contributed by atoms with Crippen molar-refractivity contribution >= 4 is 16.7 Å². The van der Waals surface area contributed by atoms with Crippen LogP contribution in [0.2, 0.25) is 0 Å². The highest BCUT2D eigenvalue weighted by atomic mass is 16.3. The molecule has 0 amide bonds. The summed E-state index contributed by atoms with van der Waals surface area (Å²) in [5.74, 6) is 1.22. The van der Waals surface area contributed by atoms with E-state index >= 15 is 0 Å². The first-order valence-electron chi connectivity index (χ1n) is 7.48. The molecule has 4 heteroatoms. The van der Waals surface area contributed by atoms with Gasteiger partial charge in [0.1, 0.15) is 11.9 Å². The fourth-order valence-electron chi connectivity index (χ4n) is 2.93. The number of hydrogen-bond acceptors (Lipinski definition) is 4. The van der Waals surface area contributed by atoms with E-state index in [1.165, 1.54) is 0 Å². The first kappa shape index (κ1) is 13.8. The lowest BCUT2D eigenvalue weighted by atomic mass is 9.87. The molecule has 1 aromatic heterocycles. The molecule has 0 radical (unpaired) electrons. The van der Waals surface area contributed by atoms with Gasteiger partial charge < -0.3 is 10.4 Å². The number of fused-ring (bicyclic) bond motifs is 1. The van der Waals surface area contributed by atoms with Crippen LogP contribution < -0.4 is 5.32 Å². The second-order valence-corrected chi connectivity index (χ2v) is 5.74. The zero-order chi connectivity index (χ0) is 14.7. The van der Waals surface area contributed by atoms with E-state index in [9.17, 15) is 10.4 Å². The first-order chi connectivity index (χ1) is 10.3. The number of aromatic nitrogens is 1. The minimum atomic E-state index is -0.130. The summed E-state index contributed by atoms with van der Waals surface area (Å²) in [6.45, 7) is 0.812. The van der Waals surface area contributed by atoms with Crippen LogP contribution in [0.15, 0.2) is 30.3 Å². The molecular weight excluding hydrogens is 262 g/mol. The molecule has 1 aliphatic rings. The minimum Gasteiger partial charge on any atom is -0.393 e. The summed E-state index contributed by atoms with van der Waals surface area (Å²) in [5, 5.41) is 23.1. The lowest BCUT2D eigenvalue weighted by Gasteiger charge is -2.25. The van der Waals surface area contributed by atoms with Gasteiger partial charge in [0.2, 0.25) is 0 Å². The van der Waals surface area contributed by atoms with Crippen LogP contribution in [0.1, 0.15) is 31.2 Å². The number of hydrogen-bond donors (Lipinski definition) is 2. The van der Waals surface area contributed by atoms with Crippen LogP contribution in [-0.4, -0.2) is 22.7 Å². The van der Waals surface area contributed by atoms with Crippen molar-refractivity contribution in [3.05, 3.63) is 35.9 Å². The van der Waals surface area contributed by atoms with Crippen molar-refractivity contribution in [1.29, 1.82) is 5.26 Å². The number of aliphatic hydroxyl groups is 1. The highest BCUT2D eigenvalue weighted by Crippen LogP contribution is 2.25. The second-order valence-electron chi connectivity index (χ2n) is 5.74. The highest BCUT2D eigenvalue weighted by Gasteiger charge is 2.19. The van der Waals surface area contributed by atoms with Gasteiger partial charge in [-0.15, -0.1) is 0 Å². The van der Waals surface area contributed by atoms with E-state index in [1.807, 2.05) is 30.3 Å². The number of nitrogens with zero attached hydrogens (tertiary/aromatic N) is 2. The summed E-state index contributed by atoms with van der Waals surface area (Å²) in [6, 6.07) is 11.9. The lowest BCUT2D eigenvalue weighted by Crippen LogP contribution is -2.24. The van der Waals surface area contributed by atoms with Crippen molar-refractivity contribution in [1.82, 2.24) is 4.98 Å². The molecule has 3 rings (SSSR count). The van der Waals surface area contributed by atoms with Gasteiger partial charge in [0.05, 0.1) is 17.2 Å². The molecule has 0 aliphatic heterocycles. The molecule has 1 aliphatic carbocycles. The van der Waals surface area contributed by atoms with E-state index in [-0.39, 0.29) is 6.10 Å². The lowest BCUT2D eigenvalue weighted by molar-refractivity contribution is 0.111. The maximum Gasteiger partial charge on any atom is 0.144 e. The van der Waals surface area contributed by atoms with E-state index in [4.69, 9.17) is 0 Å². The third-order valence-electron chi connectivity index (χ3n) is 4.22. The number of pyridine rings is 1. The maximum atomic E-state index is 9.54. The number of aliphatic hydroxyl groups excluding tert-OH is 1. The largest absolute Gasteiger partial charge is 0.393 e. The molecule has 0 atom stereocenters. The van der Waals surface area contributed by atoms with Gasteiger partial charge in [-0.05, 0) is 43.7 Å². The molecule has 1 fully saturated rings. The van der Waals surface area contributed by atoms with Crippen molar-refractivity contribution in [3.63, 3.8) is 0 Å². The van der Waals surface area contributed by atoms with Gasteiger partial charge in [-0.25, -0.2) is 4.98 Å². The molecule has 2 aromatic rings. The Labute approximate surface area is 124 Å². The average Bonchev–Trinajstić information content (AvgIpc) is 2.53. The van der Waals surface area contributed by atoms with Gasteiger partial charge in [0, 0.05) is 11.9 Å². The number of nitriles is 1. The fraction of sp³-hybridized carbons (Fsp3) is 0.412. The molecule has 0 unspecified atom stereocenters. The predicted molar refractivity (Wildman–Crippen MR) is 82.9 cm³/mol. The summed E-state index contributed by atoms with van der Waals surface area (Å²) < 4.78 is 0. The Morgan fingerprint density at radius 3 is 2.76 bits per heavy atom. The summed E-state index contributed by atoms with van der Waals surface area (Å²) in [4.78, 5) is 4.56. The van der Waals surface area contributed by atoms with Crippen LogP contribution in [-0.2, 0) is 0 Å². The average molecular weight is 281 g/mol. The zero-order valence-electron chi connectivity index (χ0n) is 11.9. The molecule has 4 nitrogen and oxygen atoms in total. The number of para-hydroxylation sites is 1. The monoisotopic (exact) mass is 281 g/mol. The number of rotatable bonds is 3. The highest BCUT2D eigenvalue weighted by molar-refractivity contribution is 5.82.